The Morgan fingerprint density at radius 1 is 1.56 bits per heavy atom. The minimum absolute atomic E-state index is 1.20. The minimum atomic E-state index is -1.82. The van der Waals surface area contributed by atoms with E-state index in [1.165, 1.54) is 24.3 Å². The highest BCUT2D eigenvalue weighted by Crippen LogP contribution is 2.24. The van der Waals surface area contributed by atoms with Gasteiger partial charge >= 0.3 is 0 Å². The third-order valence-electron chi connectivity index (χ3n) is 1.11. The summed E-state index contributed by atoms with van der Waals surface area (Å²) >= 11 is 5.26. The molecule has 0 fully saturated rings. The van der Waals surface area contributed by atoms with Gasteiger partial charge in [-0.15, -0.1) is 0 Å². The van der Waals surface area contributed by atoms with Crippen LogP contribution < -0.4 is 0 Å². The van der Waals surface area contributed by atoms with Crippen LogP contribution in [0.1, 0.15) is 0 Å². The molecule has 1 rings (SSSR count). The highest BCUT2D eigenvalue weighted by atomic mass is 35.5. The fourth-order valence-corrected chi connectivity index (χ4v) is 0.725. The smallest absolute Gasteiger partial charge is 0.192 e. The van der Waals surface area contributed by atoms with Crippen molar-refractivity contribution in [1.82, 2.24) is 0 Å². The Labute approximate surface area is 57.4 Å². The van der Waals surface area contributed by atoms with E-state index in [4.69, 9.17) is 16.7 Å². The van der Waals surface area contributed by atoms with Crippen molar-refractivity contribution in [1.29, 1.82) is 0 Å². The van der Waals surface area contributed by atoms with Crippen molar-refractivity contribution in [3.05, 3.63) is 24.3 Å². The van der Waals surface area contributed by atoms with E-state index in [9.17, 15) is 4.39 Å². The third-order valence-corrected chi connectivity index (χ3v) is 1.44. The molecule has 9 heavy (non-hydrogen) atoms. The molecule has 0 spiro atoms. The monoisotopic (exact) mass is 148 g/mol. The first-order valence-electron chi connectivity index (χ1n) is 2.54. The van der Waals surface area contributed by atoms with Crippen molar-refractivity contribution in [3.8, 4) is 0 Å². The van der Waals surface area contributed by atoms with Crippen molar-refractivity contribution in [2.45, 2.75) is 11.2 Å². The van der Waals surface area contributed by atoms with Crippen LogP contribution in [0.2, 0.25) is 0 Å². The summed E-state index contributed by atoms with van der Waals surface area (Å²) < 4.78 is 12.4. The van der Waals surface area contributed by atoms with Gasteiger partial charge in [-0.05, 0) is 12.2 Å². The van der Waals surface area contributed by atoms with Crippen molar-refractivity contribution in [3.63, 3.8) is 0 Å². The summed E-state index contributed by atoms with van der Waals surface area (Å²) in [5, 5.41) is 7.07. The zero-order valence-electron chi connectivity index (χ0n) is 4.59. The van der Waals surface area contributed by atoms with Crippen LogP contribution in [0.5, 0.6) is 0 Å². The molecule has 0 saturated carbocycles. The normalized spacial score (nSPS) is 41.4. The standard InChI is InChI=1S/C6H6ClFO/c7-6(9)4-2-1-3-5(6)8/h1-5,9H. The molecular formula is C6H6ClFO. The fourth-order valence-electron chi connectivity index (χ4n) is 0.579. The van der Waals surface area contributed by atoms with Crippen LogP contribution in [0.25, 0.3) is 0 Å². The van der Waals surface area contributed by atoms with Crippen molar-refractivity contribution in [2.24, 2.45) is 0 Å². The number of aliphatic hydroxyl groups is 1. The maximum Gasteiger partial charge on any atom is 0.192 e. The van der Waals surface area contributed by atoms with E-state index in [0.29, 0.717) is 0 Å². The fraction of sp³-hybridized carbons (Fsp3) is 0.333. The summed E-state index contributed by atoms with van der Waals surface area (Å²) in [7, 11) is 0. The maximum absolute atomic E-state index is 12.4. The first kappa shape index (κ1) is 6.78. The molecule has 3 heteroatoms. The molecule has 0 bridgehead atoms. The third kappa shape index (κ3) is 1.32. The van der Waals surface area contributed by atoms with Crippen LogP contribution in [-0.4, -0.2) is 16.3 Å². The van der Waals surface area contributed by atoms with E-state index >= 15 is 0 Å². The first-order chi connectivity index (χ1) is 4.13. The second-order valence-electron chi connectivity index (χ2n) is 1.87. The number of hydrogen-bond donors (Lipinski definition) is 1. The average Bonchev–Trinajstić information content (AvgIpc) is 1.77. The molecule has 0 aliphatic heterocycles. The molecule has 1 N–H and O–H groups in total. The van der Waals surface area contributed by atoms with Gasteiger partial charge in [0.15, 0.2) is 11.2 Å². The Morgan fingerprint density at radius 2 is 2.22 bits per heavy atom. The van der Waals surface area contributed by atoms with Gasteiger partial charge in [-0.1, -0.05) is 23.8 Å². The van der Waals surface area contributed by atoms with Crippen LogP contribution in [0.4, 0.5) is 4.39 Å². The van der Waals surface area contributed by atoms with E-state index in [-0.39, 0.29) is 0 Å². The quantitative estimate of drug-likeness (QED) is 0.515. The van der Waals surface area contributed by atoms with Gasteiger partial charge in [0.2, 0.25) is 0 Å². The Balaban J connectivity index is 2.78. The minimum Gasteiger partial charge on any atom is -0.369 e. The zero-order chi connectivity index (χ0) is 6.91. The zero-order valence-corrected chi connectivity index (χ0v) is 5.35. The Hall–Kier alpha value is -0.340. The topological polar surface area (TPSA) is 20.2 Å². The SMILES string of the molecule is OC1(Cl)C=CC=CC1F. The number of allylic oxidation sites excluding steroid dienone is 2. The lowest BCUT2D eigenvalue weighted by Crippen LogP contribution is -2.30. The average molecular weight is 149 g/mol. The molecule has 50 valence electrons. The van der Waals surface area contributed by atoms with Gasteiger partial charge in [0.25, 0.3) is 0 Å². The van der Waals surface area contributed by atoms with Gasteiger partial charge in [-0.2, -0.15) is 0 Å². The van der Waals surface area contributed by atoms with Gasteiger partial charge in [0.1, 0.15) is 0 Å². The van der Waals surface area contributed by atoms with Crippen molar-refractivity contribution in [2.75, 3.05) is 0 Å². The Kier molecular flexibility index (Phi) is 1.60. The highest BCUT2D eigenvalue weighted by molar-refractivity contribution is 6.24. The van der Waals surface area contributed by atoms with Crippen LogP contribution >= 0.6 is 11.6 Å². The van der Waals surface area contributed by atoms with Crippen LogP contribution in [0.15, 0.2) is 24.3 Å². The molecule has 0 saturated heterocycles. The molecule has 1 nitrogen and oxygen atoms in total. The summed E-state index contributed by atoms with van der Waals surface area (Å²) in [5.41, 5.74) is 0. The molecule has 0 amide bonds. The van der Waals surface area contributed by atoms with Crippen molar-refractivity contribution < 1.29 is 9.50 Å². The summed E-state index contributed by atoms with van der Waals surface area (Å²) in [5.74, 6) is 0. The molecule has 2 atom stereocenters. The molecule has 1 aliphatic rings. The second kappa shape index (κ2) is 2.12. The number of hydrogen-bond acceptors (Lipinski definition) is 1. The molecule has 0 aromatic rings. The Bertz CT molecular complexity index is 162. The lowest BCUT2D eigenvalue weighted by atomic mass is 10.1. The van der Waals surface area contributed by atoms with Crippen LogP contribution in [-0.2, 0) is 0 Å². The van der Waals surface area contributed by atoms with E-state index < -0.39 is 11.2 Å². The van der Waals surface area contributed by atoms with Gasteiger partial charge in [-0.3, -0.25) is 0 Å². The van der Waals surface area contributed by atoms with Gasteiger partial charge < -0.3 is 5.11 Å². The lowest BCUT2D eigenvalue weighted by Gasteiger charge is -2.20. The van der Waals surface area contributed by atoms with E-state index in [2.05, 4.69) is 0 Å². The lowest BCUT2D eigenvalue weighted by molar-refractivity contribution is 0.103. The molecule has 0 aromatic carbocycles. The summed E-state index contributed by atoms with van der Waals surface area (Å²) in [6.45, 7) is 0. The molecule has 0 aromatic heterocycles. The number of alkyl halides is 2. The first-order valence-corrected chi connectivity index (χ1v) is 2.92. The van der Waals surface area contributed by atoms with Gasteiger partial charge in [0, 0.05) is 0 Å². The van der Waals surface area contributed by atoms with E-state index in [1.807, 2.05) is 0 Å². The Morgan fingerprint density at radius 3 is 2.56 bits per heavy atom. The van der Waals surface area contributed by atoms with E-state index in [1.54, 1.807) is 0 Å². The summed E-state index contributed by atoms with van der Waals surface area (Å²) in [6.07, 6.45) is 3.92. The van der Waals surface area contributed by atoms with E-state index in [0.717, 1.165) is 0 Å². The van der Waals surface area contributed by atoms with Crippen LogP contribution in [0.3, 0.4) is 0 Å². The molecular weight excluding hydrogens is 143 g/mol. The van der Waals surface area contributed by atoms with Crippen LogP contribution in [0, 0.1) is 0 Å². The molecule has 0 heterocycles. The maximum atomic E-state index is 12.4. The second-order valence-corrected chi connectivity index (χ2v) is 2.48. The molecule has 0 radical (unpaired) electrons. The summed E-state index contributed by atoms with van der Waals surface area (Å²) in [6, 6.07) is 0. The predicted octanol–water partition coefficient (Wildman–Crippen LogP) is 1.38. The van der Waals surface area contributed by atoms with Crippen molar-refractivity contribution >= 4 is 11.6 Å². The molecule has 1 aliphatic carbocycles. The number of rotatable bonds is 0. The summed E-state index contributed by atoms with van der Waals surface area (Å²) in [4.78, 5) is 0. The number of halogens is 2. The highest BCUT2D eigenvalue weighted by Gasteiger charge is 2.31. The van der Waals surface area contributed by atoms with Gasteiger partial charge in [0.05, 0.1) is 0 Å². The predicted molar refractivity (Wildman–Crippen MR) is 34.0 cm³/mol. The van der Waals surface area contributed by atoms with Gasteiger partial charge in [-0.25, -0.2) is 4.39 Å². The molecule has 2 unspecified atom stereocenters. The largest absolute Gasteiger partial charge is 0.369 e.